The molecule has 1 aromatic carbocycles. The Hall–Kier alpha value is -1.64. The number of hydrogen-bond donors (Lipinski definition) is 0. The molecule has 18 heavy (non-hydrogen) atoms. The minimum atomic E-state index is -0.364. The Morgan fingerprint density at radius 3 is 2.56 bits per heavy atom. The van der Waals surface area contributed by atoms with Gasteiger partial charge in [-0.3, -0.25) is 9.59 Å². The van der Waals surface area contributed by atoms with Crippen molar-refractivity contribution >= 4 is 11.8 Å². The Bertz CT molecular complexity index is 445. The van der Waals surface area contributed by atoms with E-state index in [2.05, 4.69) is 0 Å². The maximum atomic E-state index is 12.3. The molecule has 1 aliphatic rings. The quantitative estimate of drug-likeness (QED) is 0.466. The van der Waals surface area contributed by atoms with Crippen LogP contribution in [0.2, 0.25) is 0 Å². The molecule has 1 aliphatic carbocycles. The first kappa shape index (κ1) is 12.8. The van der Waals surface area contributed by atoms with Crippen LogP contribution in [0.25, 0.3) is 0 Å². The van der Waals surface area contributed by atoms with Crippen molar-refractivity contribution in [3.05, 3.63) is 29.8 Å². The van der Waals surface area contributed by atoms with Crippen LogP contribution in [0.15, 0.2) is 24.3 Å². The molecule has 0 bridgehead atoms. The van der Waals surface area contributed by atoms with Gasteiger partial charge in [0.05, 0.1) is 0 Å². The van der Waals surface area contributed by atoms with E-state index in [4.69, 9.17) is 4.74 Å². The first-order valence-electron chi connectivity index (χ1n) is 6.49. The summed E-state index contributed by atoms with van der Waals surface area (Å²) < 4.78 is 5.00. The average molecular weight is 246 g/mol. The monoisotopic (exact) mass is 246 g/mol. The van der Waals surface area contributed by atoms with E-state index in [0.29, 0.717) is 11.3 Å². The standard InChI is InChI=1S/C15H18O3/c1-11(16)18-14-9-5-8-13(10-14)15(17)12-6-3-2-4-7-12/h5,8-10,12H,2-4,6-7H2,1H3. The van der Waals surface area contributed by atoms with Crippen molar-refractivity contribution in [2.24, 2.45) is 5.92 Å². The molecule has 3 nitrogen and oxygen atoms in total. The van der Waals surface area contributed by atoms with Gasteiger partial charge in [0, 0.05) is 18.4 Å². The molecule has 0 heterocycles. The predicted molar refractivity (Wildman–Crippen MR) is 68.7 cm³/mol. The number of carbonyl (C=O) groups is 2. The third-order valence-corrected chi connectivity index (χ3v) is 3.36. The smallest absolute Gasteiger partial charge is 0.308 e. The van der Waals surface area contributed by atoms with E-state index in [9.17, 15) is 9.59 Å². The van der Waals surface area contributed by atoms with Crippen molar-refractivity contribution in [1.82, 2.24) is 0 Å². The number of carbonyl (C=O) groups excluding carboxylic acids is 2. The maximum absolute atomic E-state index is 12.3. The molecule has 0 saturated heterocycles. The minimum Gasteiger partial charge on any atom is -0.427 e. The van der Waals surface area contributed by atoms with E-state index in [1.165, 1.54) is 13.3 Å². The summed E-state index contributed by atoms with van der Waals surface area (Å²) in [7, 11) is 0. The lowest BCUT2D eigenvalue weighted by atomic mass is 9.84. The Balaban J connectivity index is 2.11. The number of esters is 1. The van der Waals surface area contributed by atoms with Gasteiger partial charge < -0.3 is 4.74 Å². The maximum Gasteiger partial charge on any atom is 0.308 e. The molecule has 1 fully saturated rings. The zero-order valence-corrected chi connectivity index (χ0v) is 10.6. The summed E-state index contributed by atoms with van der Waals surface area (Å²) in [5, 5.41) is 0. The Morgan fingerprint density at radius 2 is 1.89 bits per heavy atom. The van der Waals surface area contributed by atoms with Gasteiger partial charge in [-0.15, -0.1) is 0 Å². The molecule has 0 aliphatic heterocycles. The lowest BCUT2D eigenvalue weighted by Gasteiger charge is -2.20. The van der Waals surface area contributed by atoms with Crippen LogP contribution in [0.1, 0.15) is 49.4 Å². The van der Waals surface area contributed by atoms with Gasteiger partial charge in [0.1, 0.15) is 5.75 Å². The number of rotatable bonds is 3. The SMILES string of the molecule is CC(=O)Oc1cccc(C(=O)C2CCCCC2)c1. The van der Waals surface area contributed by atoms with Crippen LogP contribution in [0.4, 0.5) is 0 Å². The van der Waals surface area contributed by atoms with Crippen molar-refractivity contribution in [2.45, 2.75) is 39.0 Å². The van der Waals surface area contributed by atoms with E-state index in [-0.39, 0.29) is 17.7 Å². The molecule has 0 unspecified atom stereocenters. The average Bonchev–Trinajstić information content (AvgIpc) is 2.38. The van der Waals surface area contributed by atoms with Gasteiger partial charge in [-0.05, 0) is 25.0 Å². The largest absolute Gasteiger partial charge is 0.427 e. The molecule has 0 radical (unpaired) electrons. The Morgan fingerprint density at radius 1 is 1.17 bits per heavy atom. The highest BCUT2D eigenvalue weighted by molar-refractivity contribution is 5.98. The summed E-state index contributed by atoms with van der Waals surface area (Å²) >= 11 is 0. The number of ether oxygens (including phenoxy) is 1. The number of hydrogen-bond acceptors (Lipinski definition) is 3. The number of ketones is 1. The van der Waals surface area contributed by atoms with E-state index in [1.807, 2.05) is 0 Å². The molecule has 2 rings (SSSR count). The fraction of sp³-hybridized carbons (Fsp3) is 0.467. The molecule has 96 valence electrons. The number of Topliss-reactive ketones (excluding diaryl/α,β-unsaturated/α-hetero) is 1. The van der Waals surface area contributed by atoms with Crippen LogP contribution in [0.5, 0.6) is 5.75 Å². The van der Waals surface area contributed by atoms with Gasteiger partial charge in [0.15, 0.2) is 5.78 Å². The van der Waals surface area contributed by atoms with Crippen molar-refractivity contribution in [2.75, 3.05) is 0 Å². The second-order valence-electron chi connectivity index (χ2n) is 4.82. The number of benzene rings is 1. The van der Waals surface area contributed by atoms with E-state index >= 15 is 0 Å². The van der Waals surface area contributed by atoms with Crippen LogP contribution in [-0.2, 0) is 4.79 Å². The third kappa shape index (κ3) is 3.19. The molecular formula is C15H18O3. The summed E-state index contributed by atoms with van der Waals surface area (Å²) in [5.74, 6) is 0.413. The highest BCUT2D eigenvalue weighted by atomic mass is 16.5. The minimum absolute atomic E-state index is 0.145. The first-order chi connectivity index (χ1) is 8.66. The highest BCUT2D eigenvalue weighted by Crippen LogP contribution is 2.27. The third-order valence-electron chi connectivity index (χ3n) is 3.36. The summed E-state index contributed by atoms with van der Waals surface area (Å²) in [6.07, 6.45) is 5.48. The second-order valence-corrected chi connectivity index (χ2v) is 4.82. The Kier molecular flexibility index (Phi) is 4.13. The fourth-order valence-corrected chi connectivity index (χ4v) is 2.48. The van der Waals surface area contributed by atoms with Crippen LogP contribution < -0.4 is 4.74 Å². The van der Waals surface area contributed by atoms with Gasteiger partial charge in [0.2, 0.25) is 0 Å². The van der Waals surface area contributed by atoms with Crippen LogP contribution in [-0.4, -0.2) is 11.8 Å². The highest BCUT2D eigenvalue weighted by Gasteiger charge is 2.22. The molecule has 3 heteroatoms. The van der Waals surface area contributed by atoms with Gasteiger partial charge in [0.25, 0.3) is 0 Å². The van der Waals surface area contributed by atoms with Crippen LogP contribution >= 0.6 is 0 Å². The van der Waals surface area contributed by atoms with E-state index < -0.39 is 0 Å². The zero-order chi connectivity index (χ0) is 13.0. The van der Waals surface area contributed by atoms with Crippen molar-refractivity contribution < 1.29 is 14.3 Å². The second kappa shape index (κ2) is 5.80. The zero-order valence-electron chi connectivity index (χ0n) is 10.6. The van der Waals surface area contributed by atoms with Crippen molar-refractivity contribution in [3.8, 4) is 5.75 Å². The lowest BCUT2D eigenvalue weighted by Crippen LogP contribution is -2.17. The molecule has 1 saturated carbocycles. The van der Waals surface area contributed by atoms with Gasteiger partial charge in [-0.25, -0.2) is 0 Å². The first-order valence-corrected chi connectivity index (χ1v) is 6.49. The molecule has 0 spiro atoms. The van der Waals surface area contributed by atoms with E-state index in [1.54, 1.807) is 24.3 Å². The summed E-state index contributed by atoms with van der Waals surface area (Å²) in [4.78, 5) is 23.2. The normalized spacial score (nSPS) is 16.3. The van der Waals surface area contributed by atoms with Gasteiger partial charge in [-0.1, -0.05) is 31.4 Å². The molecule has 0 amide bonds. The van der Waals surface area contributed by atoms with E-state index in [0.717, 1.165) is 25.7 Å². The fourth-order valence-electron chi connectivity index (χ4n) is 2.48. The molecule has 0 atom stereocenters. The lowest BCUT2D eigenvalue weighted by molar-refractivity contribution is -0.131. The Labute approximate surface area is 107 Å². The summed E-state index contributed by atoms with van der Waals surface area (Å²) in [6.45, 7) is 1.36. The topological polar surface area (TPSA) is 43.4 Å². The van der Waals surface area contributed by atoms with Crippen molar-refractivity contribution in [1.29, 1.82) is 0 Å². The van der Waals surface area contributed by atoms with Crippen LogP contribution in [0, 0.1) is 5.92 Å². The summed E-state index contributed by atoms with van der Waals surface area (Å²) in [5.41, 5.74) is 0.653. The van der Waals surface area contributed by atoms with Gasteiger partial charge >= 0.3 is 5.97 Å². The molecular weight excluding hydrogens is 228 g/mol. The predicted octanol–water partition coefficient (Wildman–Crippen LogP) is 3.37. The molecule has 1 aromatic rings. The van der Waals surface area contributed by atoms with Crippen molar-refractivity contribution in [3.63, 3.8) is 0 Å². The van der Waals surface area contributed by atoms with Crippen LogP contribution in [0.3, 0.4) is 0 Å². The summed E-state index contributed by atoms with van der Waals surface area (Å²) in [6, 6.07) is 6.91. The van der Waals surface area contributed by atoms with Gasteiger partial charge in [-0.2, -0.15) is 0 Å². The molecule has 0 aromatic heterocycles. The molecule has 0 N–H and O–H groups in total.